The highest BCUT2D eigenvalue weighted by Crippen LogP contribution is 2.60. The van der Waals surface area contributed by atoms with Crippen molar-refractivity contribution in [2.75, 3.05) is 0 Å². The van der Waals surface area contributed by atoms with Crippen LogP contribution in [-0.4, -0.2) is 29.8 Å². The first-order valence-corrected chi connectivity index (χ1v) is 13.8. The Hall–Kier alpha value is -2.63. The van der Waals surface area contributed by atoms with Crippen molar-refractivity contribution in [1.82, 2.24) is 5.32 Å². The summed E-state index contributed by atoms with van der Waals surface area (Å²) in [5.41, 5.74) is 0.887. The lowest BCUT2D eigenvalue weighted by molar-refractivity contribution is -0.151. The van der Waals surface area contributed by atoms with Crippen molar-refractivity contribution in [3.63, 3.8) is 0 Å². The van der Waals surface area contributed by atoms with Crippen molar-refractivity contribution >= 4 is 17.7 Å². The zero-order chi connectivity index (χ0) is 25.4. The molecular weight excluding hydrogens is 454 g/mol. The molecule has 1 saturated carbocycles. The average Bonchev–Trinajstić information content (AvgIpc) is 3.60. The van der Waals surface area contributed by atoms with Gasteiger partial charge in [0.2, 0.25) is 0 Å². The predicted molar refractivity (Wildman–Crippen MR) is 136 cm³/mol. The molecule has 0 spiro atoms. The molecule has 0 bridgehead atoms. The van der Waals surface area contributed by atoms with E-state index in [0.717, 1.165) is 31.3 Å². The van der Waals surface area contributed by atoms with Gasteiger partial charge in [-0.3, -0.25) is 14.4 Å². The highest BCUT2D eigenvalue weighted by molar-refractivity contribution is 6.00. The average molecular weight is 494 g/mol. The standard InChI is InChI=1S/C30H39NO5/c1-4-20-9-5-10-25(31-29(34)26-11-7-15-35-26)18(2)28(33)23-16-24-21(22(23)17-27(32)36-20)13-12-19-8-6-14-30(19,24)3/h7,11-13,15-16,18-22,24-25H,4-6,8-10,14,17H2,1-3H3,(H,31,34)/t18-,19+,20+,21+,22+,24-,25+,30-/m1/s1. The van der Waals surface area contributed by atoms with Crippen LogP contribution in [0.3, 0.4) is 0 Å². The number of carbonyl (C=O) groups is 3. The molecule has 36 heavy (non-hydrogen) atoms. The van der Waals surface area contributed by atoms with E-state index >= 15 is 0 Å². The lowest BCUT2D eigenvalue weighted by Gasteiger charge is -2.43. The first-order valence-electron chi connectivity index (χ1n) is 13.8. The minimum atomic E-state index is -0.399. The van der Waals surface area contributed by atoms with Gasteiger partial charge in [-0.1, -0.05) is 45.4 Å². The SMILES string of the molecule is CC[C@H]1CCC[C@H](NC(=O)c2ccco2)[C@@H](C)C(=O)C2=C[C@@H]3[C@@H](C=C[C@@H]4CCC[C@]43C)[C@@H]2CC(=O)O1. The van der Waals surface area contributed by atoms with Crippen LogP contribution in [0.5, 0.6) is 0 Å². The fraction of sp³-hybridized carbons (Fsp3) is 0.633. The minimum absolute atomic E-state index is 0.0473. The van der Waals surface area contributed by atoms with Crippen LogP contribution in [0.15, 0.2) is 46.6 Å². The summed E-state index contributed by atoms with van der Waals surface area (Å²) in [6.45, 7) is 6.32. The molecule has 2 heterocycles. The lowest BCUT2D eigenvalue weighted by atomic mass is 9.61. The van der Waals surface area contributed by atoms with Crippen molar-refractivity contribution in [3.8, 4) is 0 Å². The normalized spacial score (nSPS) is 38.6. The van der Waals surface area contributed by atoms with Gasteiger partial charge in [0.15, 0.2) is 11.5 Å². The molecule has 0 aromatic carbocycles. The van der Waals surface area contributed by atoms with Crippen LogP contribution in [0.25, 0.3) is 0 Å². The number of allylic oxidation sites excluding steroid dienone is 4. The van der Waals surface area contributed by atoms with Crippen LogP contribution >= 0.6 is 0 Å². The summed E-state index contributed by atoms with van der Waals surface area (Å²) in [5, 5.41) is 3.08. The zero-order valence-corrected chi connectivity index (χ0v) is 21.7. The van der Waals surface area contributed by atoms with Crippen molar-refractivity contribution < 1.29 is 23.5 Å². The molecule has 1 saturated heterocycles. The molecule has 1 aromatic heterocycles. The molecule has 1 amide bonds. The van der Waals surface area contributed by atoms with Gasteiger partial charge < -0.3 is 14.5 Å². The van der Waals surface area contributed by atoms with E-state index in [9.17, 15) is 14.4 Å². The van der Waals surface area contributed by atoms with Crippen LogP contribution in [0, 0.1) is 35.0 Å². The van der Waals surface area contributed by atoms with Crippen molar-refractivity contribution in [2.24, 2.45) is 35.0 Å². The maximum atomic E-state index is 14.1. The molecule has 3 aliphatic carbocycles. The van der Waals surface area contributed by atoms with Gasteiger partial charge in [0, 0.05) is 17.9 Å². The third kappa shape index (κ3) is 4.48. The lowest BCUT2D eigenvalue weighted by Crippen LogP contribution is -2.43. The molecule has 8 atom stereocenters. The van der Waals surface area contributed by atoms with Gasteiger partial charge in [0.1, 0.15) is 6.10 Å². The van der Waals surface area contributed by atoms with Crippen molar-refractivity contribution in [3.05, 3.63) is 48.0 Å². The molecule has 0 unspecified atom stereocenters. The molecule has 0 radical (unpaired) electrons. The van der Waals surface area contributed by atoms with Crippen molar-refractivity contribution in [2.45, 2.75) is 84.3 Å². The van der Waals surface area contributed by atoms with E-state index in [1.54, 1.807) is 12.1 Å². The maximum Gasteiger partial charge on any atom is 0.306 e. The Bertz CT molecular complexity index is 1060. The Labute approximate surface area is 213 Å². The van der Waals surface area contributed by atoms with E-state index in [4.69, 9.17) is 9.15 Å². The third-order valence-electron chi connectivity index (χ3n) is 9.59. The number of ketones is 1. The first-order chi connectivity index (χ1) is 17.3. The monoisotopic (exact) mass is 493 g/mol. The number of furan rings is 1. The predicted octanol–water partition coefficient (Wildman–Crippen LogP) is 5.64. The summed E-state index contributed by atoms with van der Waals surface area (Å²) in [6.07, 6.45) is 14.8. The molecule has 6 heteroatoms. The van der Waals surface area contributed by atoms with Crippen LogP contribution in [-0.2, 0) is 14.3 Å². The van der Waals surface area contributed by atoms with Crippen molar-refractivity contribution in [1.29, 1.82) is 0 Å². The molecule has 1 N–H and O–H groups in total. The molecule has 1 aliphatic heterocycles. The van der Waals surface area contributed by atoms with Crippen LogP contribution in [0.1, 0.15) is 82.7 Å². The topological polar surface area (TPSA) is 85.6 Å². The Morgan fingerprint density at radius 2 is 2.00 bits per heavy atom. The smallest absolute Gasteiger partial charge is 0.306 e. The Kier molecular flexibility index (Phi) is 6.97. The summed E-state index contributed by atoms with van der Waals surface area (Å²) in [7, 11) is 0. The summed E-state index contributed by atoms with van der Waals surface area (Å²) in [4.78, 5) is 40.0. The summed E-state index contributed by atoms with van der Waals surface area (Å²) < 4.78 is 11.2. The minimum Gasteiger partial charge on any atom is -0.462 e. The highest BCUT2D eigenvalue weighted by atomic mass is 16.5. The molecule has 6 nitrogen and oxygen atoms in total. The Balaban J connectivity index is 1.47. The van der Waals surface area contributed by atoms with Gasteiger partial charge in [0.05, 0.1) is 12.7 Å². The largest absolute Gasteiger partial charge is 0.462 e. The van der Waals surface area contributed by atoms with E-state index < -0.39 is 5.92 Å². The van der Waals surface area contributed by atoms with E-state index in [2.05, 4.69) is 30.5 Å². The molecule has 4 aliphatic rings. The Morgan fingerprint density at radius 3 is 2.75 bits per heavy atom. The number of hydrogen-bond donors (Lipinski definition) is 1. The number of rotatable bonds is 3. The number of esters is 1. The van der Waals surface area contributed by atoms with Gasteiger partial charge in [-0.15, -0.1) is 0 Å². The van der Waals surface area contributed by atoms with Gasteiger partial charge in [-0.2, -0.15) is 0 Å². The molecule has 5 rings (SSSR count). The summed E-state index contributed by atoms with van der Waals surface area (Å²) in [5.74, 6) is 0.140. The summed E-state index contributed by atoms with van der Waals surface area (Å²) >= 11 is 0. The van der Waals surface area contributed by atoms with E-state index in [-0.39, 0.29) is 65.2 Å². The molecular formula is C30H39NO5. The number of hydrogen-bond acceptors (Lipinski definition) is 5. The fourth-order valence-electron chi connectivity index (χ4n) is 7.36. The molecule has 2 fully saturated rings. The zero-order valence-electron chi connectivity index (χ0n) is 21.7. The second-order valence-electron chi connectivity index (χ2n) is 11.6. The molecule has 194 valence electrons. The van der Waals surface area contributed by atoms with Crippen LogP contribution in [0.2, 0.25) is 0 Å². The second kappa shape index (κ2) is 10.0. The highest BCUT2D eigenvalue weighted by Gasteiger charge is 2.54. The van der Waals surface area contributed by atoms with Crippen LogP contribution < -0.4 is 5.32 Å². The number of fused-ring (bicyclic) bond motifs is 5. The second-order valence-corrected chi connectivity index (χ2v) is 11.6. The van der Waals surface area contributed by atoms with E-state index in [1.807, 2.05) is 13.8 Å². The number of cyclic esters (lactones) is 1. The number of amides is 1. The first kappa shape index (κ1) is 25.0. The summed E-state index contributed by atoms with van der Waals surface area (Å²) in [6, 6.07) is 3.00. The fourth-order valence-corrected chi connectivity index (χ4v) is 7.36. The van der Waals surface area contributed by atoms with Gasteiger partial charge in [0.25, 0.3) is 5.91 Å². The van der Waals surface area contributed by atoms with Crippen LogP contribution in [0.4, 0.5) is 0 Å². The maximum absolute atomic E-state index is 14.1. The number of nitrogens with one attached hydrogen (secondary N) is 1. The van der Waals surface area contributed by atoms with E-state index in [1.165, 1.54) is 19.1 Å². The Morgan fingerprint density at radius 1 is 1.17 bits per heavy atom. The quantitative estimate of drug-likeness (QED) is 0.435. The number of carbonyl (C=O) groups excluding carboxylic acids is 3. The third-order valence-corrected chi connectivity index (χ3v) is 9.59. The van der Waals surface area contributed by atoms with Gasteiger partial charge in [-0.05, 0) is 79.4 Å². The van der Waals surface area contributed by atoms with E-state index in [0.29, 0.717) is 12.3 Å². The number of ether oxygens (including phenoxy) is 1. The van der Waals surface area contributed by atoms with Gasteiger partial charge in [-0.25, -0.2) is 0 Å². The van der Waals surface area contributed by atoms with Gasteiger partial charge >= 0.3 is 5.97 Å². The number of Topliss-reactive ketones (excluding diaryl/α,β-unsaturated/α-hetero) is 1. The molecule has 1 aromatic rings.